The molecule has 3 nitrogen and oxygen atoms in total. The van der Waals surface area contributed by atoms with Crippen molar-refractivity contribution in [3.05, 3.63) is 30.1 Å². The van der Waals surface area contributed by atoms with Crippen LogP contribution in [0.4, 0.5) is 0 Å². The van der Waals surface area contributed by atoms with Gasteiger partial charge in [-0.15, -0.1) is 0 Å². The van der Waals surface area contributed by atoms with Crippen LogP contribution in [0.5, 0.6) is 0 Å². The number of para-hydroxylation sites is 2. The van der Waals surface area contributed by atoms with E-state index < -0.39 is 0 Å². The average Bonchev–Trinajstić information content (AvgIpc) is 2.54. The van der Waals surface area contributed by atoms with Gasteiger partial charge in [-0.1, -0.05) is 12.1 Å². The van der Waals surface area contributed by atoms with Gasteiger partial charge in [0.05, 0.1) is 16.6 Å². The molecule has 1 aromatic carbocycles. The number of fused-ring (bicyclic) bond motifs is 1. The molecule has 1 aromatic heterocycles. The smallest absolute Gasteiger partial charge is 0.129 e. The van der Waals surface area contributed by atoms with Gasteiger partial charge in [0, 0.05) is 7.05 Å². The predicted octanol–water partition coefficient (Wildman–Crippen LogP) is 1.91. The minimum absolute atomic E-state index is 0.173. The summed E-state index contributed by atoms with van der Waals surface area (Å²) in [4.78, 5) is 4.64. The first-order valence-corrected chi connectivity index (χ1v) is 5.41. The van der Waals surface area contributed by atoms with Gasteiger partial charge in [0.15, 0.2) is 0 Å². The highest BCUT2D eigenvalue weighted by Crippen LogP contribution is 2.38. The minimum Gasteiger partial charge on any atom is -0.330 e. The van der Waals surface area contributed by atoms with E-state index in [1.165, 1.54) is 11.9 Å². The predicted molar refractivity (Wildman–Crippen MR) is 60.4 cm³/mol. The van der Waals surface area contributed by atoms with Gasteiger partial charge in [-0.05, 0) is 31.4 Å². The Bertz CT molecular complexity index is 509. The van der Waals surface area contributed by atoms with Crippen LogP contribution in [0.25, 0.3) is 11.0 Å². The fraction of sp³-hybridized carbons (Fsp3) is 0.417. The lowest BCUT2D eigenvalue weighted by atomic mass is 9.77. The average molecular weight is 201 g/mol. The third-order valence-corrected chi connectivity index (χ3v) is 3.48. The molecule has 0 bridgehead atoms. The molecular formula is C12H15N3. The van der Waals surface area contributed by atoms with Crippen LogP contribution in [-0.4, -0.2) is 9.55 Å². The van der Waals surface area contributed by atoms with E-state index in [-0.39, 0.29) is 5.54 Å². The van der Waals surface area contributed by atoms with E-state index in [0.717, 1.165) is 24.2 Å². The van der Waals surface area contributed by atoms with E-state index in [9.17, 15) is 0 Å². The Hall–Kier alpha value is -1.35. The molecule has 3 rings (SSSR count). The molecule has 2 aromatic rings. The zero-order chi connectivity index (χ0) is 10.5. The molecule has 0 amide bonds. The van der Waals surface area contributed by atoms with Crippen molar-refractivity contribution in [2.24, 2.45) is 12.8 Å². The van der Waals surface area contributed by atoms with Crippen LogP contribution in [0, 0.1) is 0 Å². The van der Waals surface area contributed by atoms with Crippen molar-refractivity contribution in [2.75, 3.05) is 0 Å². The van der Waals surface area contributed by atoms with Gasteiger partial charge in [-0.25, -0.2) is 4.98 Å². The highest BCUT2D eigenvalue weighted by atomic mass is 15.1. The van der Waals surface area contributed by atoms with Crippen molar-refractivity contribution in [3.8, 4) is 0 Å². The van der Waals surface area contributed by atoms with Crippen LogP contribution in [0.15, 0.2) is 24.3 Å². The van der Waals surface area contributed by atoms with Gasteiger partial charge in [0.2, 0.25) is 0 Å². The quantitative estimate of drug-likeness (QED) is 0.766. The fourth-order valence-corrected chi connectivity index (χ4v) is 2.37. The Morgan fingerprint density at radius 2 is 2.07 bits per heavy atom. The van der Waals surface area contributed by atoms with Gasteiger partial charge in [0.25, 0.3) is 0 Å². The third kappa shape index (κ3) is 1.13. The molecule has 78 valence electrons. The topological polar surface area (TPSA) is 43.8 Å². The van der Waals surface area contributed by atoms with E-state index in [1.807, 2.05) is 18.2 Å². The largest absolute Gasteiger partial charge is 0.330 e. The number of imidazole rings is 1. The van der Waals surface area contributed by atoms with E-state index in [1.54, 1.807) is 0 Å². The summed E-state index contributed by atoms with van der Waals surface area (Å²) in [6.07, 6.45) is 3.34. The maximum absolute atomic E-state index is 6.31. The van der Waals surface area contributed by atoms with Crippen molar-refractivity contribution < 1.29 is 0 Å². The number of nitrogens with zero attached hydrogens (tertiary/aromatic N) is 2. The normalized spacial score (nSPS) is 19.1. The summed E-state index contributed by atoms with van der Waals surface area (Å²) < 4.78 is 2.13. The van der Waals surface area contributed by atoms with Crippen molar-refractivity contribution in [3.63, 3.8) is 0 Å². The van der Waals surface area contributed by atoms with Crippen LogP contribution < -0.4 is 5.73 Å². The molecule has 0 atom stereocenters. The second kappa shape index (κ2) is 2.83. The molecule has 0 saturated heterocycles. The van der Waals surface area contributed by atoms with Gasteiger partial charge < -0.3 is 10.3 Å². The first-order chi connectivity index (χ1) is 7.21. The van der Waals surface area contributed by atoms with Crippen LogP contribution >= 0.6 is 0 Å². The number of aryl methyl sites for hydroxylation is 1. The first kappa shape index (κ1) is 8.92. The molecule has 0 aliphatic heterocycles. The Morgan fingerprint density at radius 3 is 2.67 bits per heavy atom. The van der Waals surface area contributed by atoms with E-state index >= 15 is 0 Å². The first-order valence-electron chi connectivity index (χ1n) is 5.41. The van der Waals surface area contributed by atoms with Crippen LogP contribution in [0.2, 0.25) is 0 Å². The van der Waals surface area contributed by atoms with E-state index in [0.29, 0.717) is 0 Å². The zero-order valence-corrected chi connectivity index (χ0v) is 8.90. The maximum atomic E-state index is 6.31. The molecule has 2 N–H and O–H groups in total. The highest BCUT2D eigenvalue weighted by molar-refractivity contribution is 5.76. The summed E-state index contributed by atoms with van der Waals surface area (Å²) in [5.74, 6) is 1.04. The van der Waals surface area contributed by atoms with Gasteiger partial charge >= 0.3 is 0 Å². The van der Waals surface area contributed by atoms with Crippen LogP contribution in [0.3, 0.4) is 0 Å². The highest BCUT2D eigenvalue weighted by Gasteiger charge is 2.38. The molecule has 0 radical (unpaired) electrons. The summed E-state index contributed by atoms with van der Waals surface area (Å²) in [7, 11) is 2.05. The van der Waals surface area contributed by atoms with Gasteiger partial charge in [0.1, 0.15) is 5.82 Å². The van der Waals surface area contributed by atoms with Crippen LogP contribution in [0.1, 0.15) is 25.1 Å². The summed E-state index contributed by atoms with van der Waals surface area (Å²) in [6.45, 7) is 0. The number of benzene rings is 1. The minimum atomic E-state index is -0.173. The van der Waals surface area contributed by atoms with Crippen molar-refractivity contribution in [1.82, 2.24) is 9.55 Å². The van der Waals surface area contributed by atoms with E-state index in [2.05, 4.69) is 22.7 Å². The number of rotatable bonds is 1. The summed E-state index contributed by atoms with van der Waals surface area (Å²) in [6, 6.07) is 8.19. The molecule has 0 spiro atoms. The Morgan fingerprint density at radius 1 is 1.33 bits per heavy atom. The fourth-order valence-electron chi connectivity index (χ4n) is 2.37. The Balaban J connectivity index is 2.23. The number of aromatic nitrogens is 2. The van der Waals surface area contributed by atoms with Crippen LogP contribution in [-0.2, 0) is 12.6 Å². The Kier molecular flexibility index (Phi) is 1.68. The van der Waals surface area contributed by atoms with E-state index in [4.69, 9.17) is 5.73 Å². The van der Waals surface area contributed by atoms with Crippen molar-refractivity contribution in [1.29, 1.82) is 0 Å². The standard InChI is InChI=1S/C12H15N3/c1-15-10-6-3-2-5-9(10)14-11(15)12(13)7-4-8-12/h2-3,5-6H,4,7-8,13H2,1H3. The summed E-state index contributed by atoms with van der Waals surface area (Å²) >= 11 is 0. The summed E-state index contributed by atoms with van der Waals surface area (Å²) in [5.41, 5.74) is 8.35. The molecule has 3 heteroatoms. The third-order valence-electron chi connectivity index (χ3n) is 3.48. The molecule has 15 heavy (non-hydrogen) atoms. The number of hydrogen-bond acceptors (Lipinski definition) is 2. The number of nitrogens with two attached hydrogens (primary N) is 1. The SMILES string of the molecule is Cn1c(C2(N)CCC2)nc2ccccc21. The molecule has 1 aliphatic carbocycles. The second-order valence-corrected chi connectivity index (χ2v) is 4.49. The second-order valence-electron chi connectivity index (χ2n) is 4.49. The number of hydrogen-bond donors (Lipinski definition) is 1. The monoisotopic (exact) mass is 201 g/mol. The molecule has 0 unspecified atom stereocenters. The van der Waals surface area contributed by atoms with Gasteiger partial charge in [-0.2, -0.15) is 0 Å². The molecule has 1 saturated carbocycles. The molecular weight excluding hydrogens is 186 g/mol. The molecule has 1 fully saturated rings. The molecule has 1 aliphatic rings. The van der Waals surface area contributed by atoms with Crippen molar-refractivity contribution in [2.45, 2.75) is 24.8 Å². The maximum Gasteiger partial charge on any atom is 0.129 e. The van der Waals surface area contributed by atoms with Crippen molar-refractivity contribution >= 4 is 11.0 Å². The summed E-state index contributed by atoms with van der Waals surface area (Å²) in [5, 5.41) is 0. The van der Waals surface area contributed by atoms with Gasteiger partial charge in [-0.3, -0.25) is 0 Å². The molecule has 1 heterocycles. The lowest BCUT2D eigenvalue weighted by Crippen LogP contribution is -2.45. The lowest BCUT2D eigenvalue weighted by Gasteiger charge is -2.37. The zero-order valence-electron chi connectivity index (χ0n) is 8.90. The lowest BCUT2D eigenvalue weighted by molar-refractivity contribution is 0.234. The Labute approximate surface area is 88.9 Å².